The van der Waals surface area contributed by atoms with Gasteiger partial charge in [-0.05, 0) is 82.3 Å². The summed E-state index contributed by atoms with van der Waals surface area (Å²) in [4.78, 5) is 42.1. The number of nitrogens with zero attached hydrogens (tertiary/aromatic N) is 5. The molecule has 13 heteroatoms. The molecule has 2 aromatic carbocycles. The molecule has 0 spiro atoms. The zero-order chi connectivity index (χ0) is 36.0. The van der Waals surface area contributed by atoms with Crippen molar-refractivity contribution in [3.05, 3.63) is 72.3 Å². The maximum atomic E-state index is 13.1. The maximum Gasteiger partial charge on any atom is 0.321 e. The van der Waals surface area contributed by atoms with Gasteiger partial charge in [-0.3, -0.25) is 19.3 Å². The second-order valence-corrected chi connectivity index (χ2v) is 14.4. The van der Waals surface area contributed by atoms with Crippen LogP contribution in [-0.2, 0) is 14.3 Å². The normalized spacial score (nSPS) is 19.0. The number of piperidine rings is 1. The van der Waals surface area contributed by atoms with Crippen LogP contribution in [0.15, 0.2) is 66.7 Å². The van der Waals surface area contributed by atoms with Gasteiger partial charge in [-0.15, -0.1) is 0 Å². The molecule has 4 N–H and O–H groups in total. The summed E-state index contributed by atoms with van der Waals surface area (Å²) in [5.74, 6) is 1.66. The van der Waals surface area contributed by atoms with E-state index in [1.54, 1.807) is 6.08 Å². The van der Waals surface area contributed by atoms with Gasteiger partial charge in [0.1, 0.15) is 40.7 Å². The van der Waals surface area contributed by atoms with Crippen LogP contribution in [0.1, 0.15) is 56.4 Å². The Kier molecular flexibility index (Phi) is 11.4. The number of rotatable bonds is 11. The molecule has 1 atom stereocenters. The van der Waals surface area contributed by atoms with Crippen molar-refractivity contribution in [2.75, 3.05) is 64.2 Å². The summed E-state index contributed by atoms with van der Waals surface area (Å²) in [5.41, 5.74) is 10.3. The number of hydrazine groups is 1. The summed E-state index contributed by atoms with van der Waals surface area (Å²) < 4.78 is 13.3. The van der Waals surface area contributed by atoms with E-state index in [0.717, 1.165) is 63.3 Å². The summed E-state index contributed by atoms with van der Waals surface area (Å²) >= 11 is 0. The second-order valence-electron chi connectivity index (χ2n) is 14.4. The van der Waals surface area contributed by atoms with Crippen molar-refractivity contribution in [2.45, 2.75) is 51.7 Å². The van der Waals surface area contributed by atoms with Crippen LogP contribution in [0.25, 0.3) is 11.3 Å². The maximum absolute atomic E-state index is 13.1. The number of nitrogens with two attached hydrogens (primary N) is 1. The number of carbonyl (C=O) groups is 3. The Hall–Kier alpha value is -4.72. The number of primary amides is 1. The molecule has 4 heterocycles. The topological polar surface area (TPSA) is 147 Å². The number of ether oxygens (including phenoxy) is 2. The minimum Gasteiger partial charge on any atom is -0.459 e. The minimum atomic E-state index is -0.520. The van der Waals surface area contributed by atoms with Gasteiger partial charge in [-0.25, -0.2) is 15.1 Å². The van der Waals surface area contributed by atoms with Gasteiger partial charge >= 0.3 is 5.97 Å². The third-order valence-corrected chi connectivity index (χ3v) is 9.57. The molecule has 0 radical (unpaired) electrons. The van der Waals surface area contributed by atoms with Crippen LogP contribution in [0.3, 0.4) is 0 Å². The van der Waals surface area contributed by atoms with E-state index in [2.05, 4.69) is 15.6 Å². The average Bonchev–Trinajstić information content (AvgIpc) is 3.52. The van der Waals surface area contributed by atoms with E-state index in [1.807, 2.05) is 96.0 Å². The van der Waals surface area contributed by atoms with Crippen LogP contribution in [0.5, 0.6) is 11.5 Å². The Bertz CT molecular complexity index is 1690. The van der Waals surface area contributed by atoms with E-state index in [1.165, 1.54) is 0 Å². The van der Waals surface area contributed by atoms with Gasteiger partial charge in [0, 0.05) is 64.0 Å². The molecule has 2 amide bonds. The molecule has 0 unspecified atom stereocenters. The number of para-hydroxylation sites is 1. The minimum absolute atomic E-state index is 0.0363. The van der Waals surface area contributed by atoms with E-state index in [0.29, 0.717) is 48.4 Å². The van der Waals surface area contributed by atoms with Gasteiger partial charge in [-0.1, -0.05) is 24.3 Å². The highest BCUT2D eigenvalue weighted by molar-refractivity contribution is 6.03. The van der Waals surface area contributed by atoms with E-state index in [-0.39, 0.29) is 24.5 Å². The fourth-order valence-corrected chi connectivity index (χ4v) is 7.04. The molecule has 3 aliphatic heterocycles. The lowest BCUT2D eigenvalue weighted by molar-refractivity contribution is -0.154. The van der Waals surface area contributed by atoms with Crippen LogP contribution in [0, 0.1) is 5.92 Å². The van der Waals surface area contributed by atoms with Crippen molar-refractivity contribution in [3.8, 4) is 22.8 Å². The Morgan fingerprint density at radius 1 is 0.941 bits per heavy atom. The van der Waals surface area contributed by atoms with Crippen LogP contribution >= 0.6 is 0 Å². The predicted molar refractivity (Wildman–Crippen MR) is 195 cm³/mol. The number of nitrogens with one attached hydrogen (secondary N) is 2. The number of benzene rings is 2. The van der Waals surface area contributed by atoms with Crippen molar-refractivity contribution < 1.29 is 23.9 Å². The molecule has 2 saturated heterocycles. The van der Waals surface area contributed by atoms with Gasteiger partial charge in [0.2, 0.25) is 5.91 Å². The number of esters is 1. The molecular formula is C38H50N8O5. The summed E-state index contributed by atoms with van der Waals surface area (Å²) in [6.07, 6.45) is 6.24. The summed E-state index contributed by atoms with van der Waals surface area (Å²) in [6.45, 7) is 11.7. The number of carbonyl (C=O) groups excluding carboxylic acids is 3. The predicted octanol–water partition coefficient (Wildman–Crippen LogP) is 4.06. The molecule has 0 saturated carbocycles. The number of hydrogen-bond donors (Lipinski definition) is 3. The fraction of sp³-hybridized carbons (Fsp3) is 0.474. The Balaban J connectivity index is 0.995. The molecule has 0 aliphatic carbocycles. The number of likely N-dealkylation sites (tertiary alicyclic amines) is 1. The molecule has 0 bridgehead atoms. The zero-order valence-electron chi connectivity index (χ0n) is 29.8. The molecule has 3 aromatic rings. The summed E-state index contributed by atoms with van der Waals surface area (Å²) in [7, 11) is 0. The molecule has 272 valence electrons. The largest absolute Gasteiger partial charge is 0.459 e. The van der Waals surface area contributed by atoms with Crippen molar-refractivity contribution in [1.29, 1.82) is 0 Å². The van der Waals surface area contributed by atoms with E-state index in [4.69, 9.17) is 20.3 Å². The highest BCUT2D eigenvalue weighted by Gasteiger charge is 2.36. The molecule has 2 fully saturated rings. The van der Waals surface area contributed by atoms with Crippen molar-refractivity contribution in [1.82, 2.24) is 30.0 Å². The van der Waals surface area contributed by atoms with Gasteiger partial charge in [0.25, 0.3) is 5.91 Å². The highest BCUT2D eigenvalue weighted by atomic mass is 16.6. The van der Waals surface area contributed by atoms with Crippen LogP contribution in [-0.4, -0.2) is 107 Å². The third-order valence-electron chi connectivity index (χ3n) is 9.57. The molecule has 6 rings (SSSR count). The van der Waals surface area contributed by atoms with Crippen molar-refractivity contribution >= 4 is 23.6 Å². The van der Waals surface area contributed by atoms with E-state index >= 15 is 0 Å². The average molecular weight is 699 g/mol. The van der Waals surface area contributed by atoms with E-state index in [9.17, 15) is 14.4 Å². The van der Waals surface area contributed by atoms with Gasteiger partial charge in [-0.2, -0.15) is 5.10 Å². The monoisotopic (exact) mass is 698 g/mol. The van der Waals surface area contributed by atoms with Crippen molar-refractivity contribution in [3.63, 3.8) is 0 Å². The van der Waals surface area contributed by atoms with Gasteiger partial charge < -0.3 is 25.4 Å². The number of hydrogen-bond acceptors (Lipinski definition) is 10. The Morgan fingerprint density at radius 3 is 2.29 bits per heavy atom. The first-order chi connectivity index (χ1) is 24.5. The molecule has 51 heavy (non-hydrogen) atoms. The number of amides is 2. The Morgan fingerprint density at radius 2 is 1.63 bits per heavy atom. The smallest absolute Gasteiger partial charge is 0.321 e. The lowest BCUT2D eigenvalue weighted by Crippen LogP contribution is -2.53. The SMILES string of the molecule is CC(C)(C)OC(=O)CNN1CCN(C/C=C/C(=O)N2CCC([C@@H]3CCNc4c(C(N)=O)c(-c5ccc(Oc6ccccc6)cc5)nn43)CC2)CC1. The third kappa shape index (κ3) is 9.34. The van der Waals surface area contributed by atoms with Crippen LogP contribution < -0.4 is 21.2 Å². The number of fused-ring (bicyclic) bond motifs is 1. The van der Waals surface area contributed by atoms with Gasteiger partial charge in [0.05, 0.1) is 6.04 Å². The van der Waals surface area contributed by atoms with Crippen molar-refractivity contribution in [2.24, 2.45) is 11.7 Å². The standard InChI is InChI=1S/C38H50N8O5/c1-38(2,3)51-33(48)26-41-45-24-22-43(23-25-45)19-7-10-32(47)44-20-16-27(17-21-44)31-15-18-40-37-34(36(39)49)35(42-46(31)37)28-11-13-30(14-12-28)50-29-8-5-4-6-9-29/h4-14,27,31,40-41H,15-26H2,1-3H3,(H2,39,49)/b10-7+/t31-/m0/s1. The zero-order valence-corrected chi connectivity index (χ0v) is 29.8. The molecule has 3 aliphatic rings. The fourth-order valence-electron chi connectivity index (χ4n) is 7.04. The summed E-state index contributed by atoms with van der Waals surface area (Å²) in [6, 6.07) is 17.2. The first kappa shape index (κ1) is 36.1. The lowest BCUT2D eigenvalue weighted by Gasteiger charge is -2.38. The first-order valence-corrected chi connectivity index (χ1v) is 17.9. The van der Waals surface area contributed by atoms with Crippen LogP contribution in [0.2, 0.25) is 0 Å². The Labute approximate surface area is 299 Å². The number of anilines is 1. The molecule has 1 aromatic heterocycles. The van der Waals surface area contributed by atoms with E-state index < -0.39 is 11.5 Å². The van der Waals surface area contributed by atoms with Crippen LogP contribution in [0.4, 0.5) is 5.82 Å². The highest BCUT2D eigenvalue weighted by Crippen LogP contribution is 2.40. The number of piperazine rings is 1. The first-order valence-electron chi connectivity index (χ1n) is 17.9. The molecule has 13 nitrogen and oxygen atoms in total. The second kappa shape index (κ2) is 16.1. The summed E-state index contributed by atoms with van der Waals surface area (Å²) in [5, 5.41) is 10.4. The number of aromatic nitrogens is 2. The lowest BCUT2D eigenvalue weighted by atomic mass is 9.87. The molecular weight excluding hydrogens is 648 g/mol. The quantitative estimate of drug-likeness (QED) is 0.198. The van der Waals surface area contributed by atoms with Gasteiger partial charge in [0.15, 0.2) is 0 Å².